The van der Waals surface area contributed by atoms with Crippen LogP contribution in [0.15, 0.2) is 24.3 Å². The van der Waals surface area contributed by atoms with E-state index in [0.29, 0.717) is 24.3 Å². The van der Waals surface area contributed by atoms with E-state index in [1.54, 1.807) is 0 Å². The van der Waals surface area contributed by atoms with E-state index in [9.17, 15) is 55.0 Å². The van der Waals surface area contributed by atoms with Crippen molar-refractivity contribution in [3.8, 4) is 23.0 Å². The summed E-state index contributed by atoms with van der Waals surface area (Å²) >= 11 is 0. The normalized spacial score (nSPS) is 10.3. The van der Waals surface area contributed by atoms with Gasteiger partial charge < -0.3 is 25.2 Å². The molecule has 0 heterocycles. The number of nitro groups is 2. The number of phenolic OH excluding ortho intramolecular Hbond substituents is 4. The molecule has 0 saturated heterocycles. The number of benzene rings is 2. The number of hydrogen-bond donors (Lipinski definition) is 4. The van der Waals surface area contributed by atoms with E-state index in [-0.39, 0.29) is 0 Å². The van der Waals surface area contributed by atoms with Gasteiger partial charge >= 0.3 is 17.3 Å². The van der Waals surface area contributed by atoms with Crippen LogP contribution in [0.2, 0.25) is 0 Å². The van der Waals surface area contributed by atoms with Gasteiger partial charge in [0.25, 0.3) is 5.78 Å². The average Bonchev–Trinajstić information content (AvgIpc) is 2.68. The molecular formula is C16H10N2O12. The minimum Gasteiger partial charge on any atom is -0.504 e. The number of rotatable bonds is 7. The van der Waals surface area contributed by atoms with E-state index in [2.05, 4.69) is 4.74 Å². The van der Waals surface area contributed by atoms with E-state index in [4.69, 9.17) is 0 Å². The van der Waals surface area contributed by atoms with Gasteiger partial charge in [-0.2, -0.15) is 0 Å². The first-order chi connectivity index (χ1) is 13.9. The standard InChI is InChI=1S/C16H10N2O12/c19-10-3-6(1-8(14(10)23)17(26)27)12(21)5-30-16(25)13(22)7-2-9(18(28)29)15(24)11(20)4-7/h1-4,19-20,23-24H,5H2. The van der Waals surface area contributed by atoms with Crippen molar-refractivity contribution in [2.45, 2.75) is 0 Å². The summed E-state index contributed by atoms with van der Waals surface area (Å²) in [6.07, 6.45) is 0. The van der Waals surface area contributed by atoms with Crippen molar-refractivity contribution in [3.63, 3.8) is 0 Å². The predicted molar refractivity (Wildman–Crippen MR) is 92.5 cm³/mol. The number of carbonyl (C=O) groups is 3. The number of aromatic hydroxyl groups is 4. The van der Waals surface area contributed by atoms with Crippen LogP contribution in [0.5, 0.6) is 23.0 Å². The lowest BCUT2D eigenvalue weighted by molar-refractivity contribution is -0.386. The summed E-state index contributed by atoms with van der Waals surface area (Å²) in [7, 11) is 0. The molecule has 0 aliphatic rings. The van der Waals surface area contributed by atoms with Gasteiger partial charge in [-0.3, -0.25) is 29.8 Å². The SMILES string of the molecule is O=C(OCC(=O)c1cc(O)c(O)c([N+](=O)[O-])c1)C(=O)c1cc(O)c(O)c([N+](=O)[O-])c1. The molecule has 0 saturated carbocycles. The Kier molecular flexibility index (Phi) is 5.81. The Hall–Kier alpha value is -4.75. The van der Waals surface area contributed by atoms with Gasteiger partial charge in [-0.05, 0) is 12.1 Å². The highest BCUT2D eigenvalue weighted by atomic mass is 16.6. The van der Waals surface area contributed by atoms with Gasteiger partial charge in [0.15, 0.2) is 18.1 Å². The number of nitrogens with zero attached hydrogens (tertiary/aromatic N) is 2. The minimum atomic E-state index is -1.67. The van der Waals surface area contributed by atoms with E-state index in [0.717, 1.165) is 0 Å². The number of ketones is 2. The maximum Gasteiger partial charge on any atom is 0.380 e. The zero-order valence-electron chi connectivity index (χ0n) is 14.5. The molecule has 0 bridgehead atoms. The van der Waals surface area contributed by atoms with Gasteiger partial charge in [-0.15, -0.1) is 0 Å². The van der Waals surface area contributed by atoms with Gasteiger partial charge in [0, 0.05) is 23.3 Å². The molecule has 4 N–H and O–H groups in total. The highest BCUT2D eigenvalue weighted by molar-refractivity contribution is 6.41. The maximum atomic E-state index is 12.0. The summed E-state index contributed by atoms with van der Waals surface area (Å²) in [5, 5.41) is 59.2. The number of carbonyl (C=O) groups excluding carboxylic acids is 3. The van der Waals surface area contributed by atoms with Gasteiger partial charge in [0.1, 0.15) is 0 Å². The fourth-order valence-corrected chi connectivity index (χ4v) is 2.18. The first-order valence-electron chi connectivity index (χ1n) is 7.59. The van der Waals surface area contributed by atoms with Crippen molar-refractivity contribution < 1.29 is 49.4 Å². The summed E-state index contributed by atoms with van der Waals surface area (Å²) in [6, 6.07) is 2.34. The number of nitro benzene ring substituents is 2. The van der Waals surface area contributed by atoms with E-state index in [1.807, 2.05) is 0 Å². The minimum absolute atomic E-state index is 0.502. The third kappa shape index (κ3) is 4.22. The van der Waals surface area contributed by atoms with Crippen LogP contribution in [-0.2, 0) is 9.53 Å². The molecule has 30 heavy (non-hydrogen) atoms. The Morgan fingerprint density at radius 3 is 1.70 bits per heavy atom. The summed E-state index contributed by atoms with van der Waals surface area (Å²) in [5.41, 5.74) is -3.29. The quantitative estimate of drug-likeness (QED) is 0.122. The number of Topliss-reactive ketones (excluding diaryl/α,β-unsaturated/α-hetero) is 2. The molecule has 156 valence electrons. The second kappa shape index (κ2) is 8.09. The molecule has 0 aliphatic carbocycles. The summed E-state index contributed by atoms with van der Waals surface area (Å²) in [5.74, 6) is -8.51. The third-order valence-electron chi connectivity index (χ3n) is 3.64. The largest absolute Gasteiger partial charge is 0.504 e. The molecule has 14 nitrogen and oxygen atoms in total. The van der Waals surface area contributed by atoms with Crippen molar-refractivity contribution in [3.05, 3.63) is 55.6 Å². The van der Waals surface area contributed by atoms with E-state index < -0.39 is 79.5 Å². The topological polar surface area (TPSA) is 228 Å². The molecule has 0 fully saturated rings. The van der Waals surface area contributed by atoms with Gasteiger partial charge in [0.05, 0.1) is 9.85 Å². The Bertz CT molecular complexity index is 1110. The molecular weight excluding hydrogens is 412 g/mol. The number of ether oxygens (including phenoxy) is 1. The Morgan fingerprint density at radius 1 is 0.800 bits per heavy atom. The highest BCUT2D eigenvalue weighted by Crippen LogP contribution is 2.37. The number of esters is 1. The fourth-order valence-electron chi connectivity index (χ4n) is 2.18. The molecule has 0 amide bonds. The molecule has 2 rings (SSSR count). The second-order valence-corrected chi connectivity index (χ2v) is 5.57. The van der Waals surface area contributed by atoms with Crippen LogP contribution >= 0.6 is 0 Å². The van der Waals surface area contributed by atoms with Crippen molar-refractivity contribution in [1.82, 2.24) is 0 Å². The van der Waals surface area contributed by atoms with E-state index >= 15 is 0 Å². The van der Waals surface area contributed by atoms with Crippen molar-refractivity contribution in [2.24, 2.45) is 0 Å². The lowest BCUT2D eigenvalue weighted by Crippen LogP contribution is -2.21. The zero-order chi connectivity index (χ0) is 22.7. The van der Waals surface area contributed by atoms with Crippen LogP contribution in [0.4, 0.5) is 11.4 Å². The lowest BCUT2D eigenvalue weighted by Gasteiger charge is -2.06. The predicted octanol–water partition coefficient (Wildman–Crippen LogP) is 0.934. The van der Waals surface area contributed by atoms with Crippen LogP contribution in [0, 0.1) is 20.2 Å². The molecule has 14 heteroatoms. The smallest absolute Gasteiger partial charge is 0.380 e. The van der Waals surface area contributed by atoms with E-state index in [1.165, 1.54) is 0 Å². The van der Waals surface area contributed by atoms with Crippen molar-refractivity contribution >= 4 is 28.9 Å². The summed E-state index contributed by atoms with van der Waals surface area (Å²) in [4.78, 5) is 55.2. The monoisotopic (exact) mass is 422 g/mol. The molecule has 0 aromatic heterocycles. The first kappa shape index (κ1) is 21.5. The Balaban J connectivity index is 2.18. The van der Waals surface area contributed by atoms with Crippen LogP contribution in [0.1, 0.15) is 20.7 Å². The van der Waals surface area contributed by atoms with Crippen LogP contribution < -0.4 is 0 Å². The molecule has 0 aliphatic heterocycles. The Labute approximate surface area is 164 Å². The van der Waals surface area contributed by atoms with Crippen LogP contribution in [0.25, 0.3) is 0 Å². The van der Waals surface area contributed by atoms with Gasteiger partial charge in [-0.1, -0.05) is 0 Å². The van der Waals surface area contributed by atoms with Crippen LogP contribution in [-0.4, -0.2) is 54.4 Å². The lowest BCUT2D eigenvalue weighted by atomic mass is 10.1. The molecule has 0 unspecified atom stereocenters. The van der Waals surface area contributed by atoms with Gasteiger partial charge in [-0.25, -0.2) is 4.79 Å². The van der Waals surface area contributed by atoms with Gasteiger partial charge in [0.2, 0.25) is 17.3 Å². The molecule has 2 aromatic rings. The third-order valence-corrected chi connectivity index (χ3v) is 3.64. The maximum absolute atomic E-state index is 12.0. The molecule has 0 radical (unpaired) electrons. The fraction of sp³-hybridized carbons (Fsp3) is 0.0625. The van der Waals surface area contributed by atoms with Crippen LogP contribution in [0.3, 0.4) is 0 Å². The molecule has 2 aromatic carbocycles. The first-order valence-corrected chi connectivity index (χ1v) is 7.59. The Morgan fingerprint density at radius 2 is 1.23 bits per heavy atom. The second-order valence-electron chi connectivity index (χ2n) is 5.57. The van der Waals surface area contributed by atoms with Crippen molar-refractivity contribution in [2.75, 3.05) is 6.61 Å². The molecule has 0 atom stereocenters. The summed E-state index contributed by atoms with van der Waals surface area (Å²) in [6.45, 7) is -1.11. The number of phenols is 4. The summed E-state index contributed by atoms with van der Waals surface area (Å²) < 4.78 is 4.45. The molecule has 0 spiro atoms. The zero-order valence-corrected chi connectivity index (χ0v) is 14.5. The highest BCUT2D eigenvalue weighted by Gasteiger charge is 2.27. The number of hydrogen-bond acceptors (Lipinski definition) is 12. The van der Waals surface area contributed by atoms with Crippen molar-refractivity contribution in [1.29, 1.82) is 0 Å². The average molecular weight is 422 g/mol.